The SMILES string of the molecule is CCNC(=NCc1cccnc1OCC)NCC(C)(C)c1cccs1. The van der Waals surface area contributed by atoms with E-state index in [0.717, 1.165) is 24.6 Å². The summed E-state index contributed by atoms with van der Waals surface area (Å²) in [5.41, 5.74) is 1.04. The van der Waals surface area contributed by atoms with Gasteiger partial charge in [-0.25, -0.2) is 9.98 Å². The van der Waals surface area contributed by atoms with Gasteiger partial charge in [-0.05, 0) is 31.4 Å². The Morgan fingerprint density at radius 3 is 2.76 bits per heavy atom. The van der Waals surface area contributed by atoms with E-state index in [0.29, 0.717) is 19.0 Å². The van der Waals surface area contributed by atoms with Crippen molar-refractivity contribution in [1.29, 1.82) is 0 Å². The maximum Gasteiger partial charge on any atom is 0.218 e. The largest absolute Gasteiger partial charge is 0.478 e. The molecule has 25 heavy (non-hydrogen) atoms. The van der Waals surface area contributed by atoms with Crippen LogP contribution in [0.25, 0.3) is 0 Å². The molecule has 0 atom stereocenters. The summed E-state index contributed by atoms with van der Waals surface area (Å²) in [6.07, 6.45) is 1.74. The summed E-state index contributed by atoms with van der Waals surface area (Å²) in [5, 5.41) is 8.88. The Kier molecular flexibility index (Phi) is 7.25. The van der Waals surface area contributed by atoms with Crippen molar-refractivity contribution >= 4 is 17.3 Å². The van der Waals surface area contributed by atoms with Crippen LogP contribution in [0.3, 0.4) is 0 Å². The van der Waals surface area contributed by atoms with Crippen LogP contribution in [0, 0.1) is 0 Å². The molecule has 0 radical (unpaired) electrons. The second-order valence-electron chi connectivity index (χ2n) is 6.31. The fourth-order valence-electron chi connectivity index (χ4n) is 2.37. The highest BCUT2D eigenvalue weighted by Crippen LogP contribution is 2.26. The molecular weight excluding hydrogens is 332 g/mol. The standard InChI is InChI=1S/C19H28N4OS/c1-5-20-18(23-14-19(3,4)16-10-8-12-25-16)22-13-15-9-7-11-21-17(15)24-6-2/h7-12H,5-6,13-14H2,1-4H3,(H2,20,22,23). The number of hydrogen-bond acceptors (Lipinski definition) is 4. The van der Waals surface area contributed by atoms with Crippen LogP contribution in [0.2, 0.25) is 0 Å². The molecule has 0 aliphatic heterocycles. The molecule has 6 heteroatoms. The van der Waals surface area contributed by atoms with E-state index in [9.17, 15) is 0 Å². The summed E-state index contributed by atoms with van der Waals surface area (Å²) < 4.78 is 5.57. The van der Waals surface area contributed by atoms with Gasteiger partial charge in [0.15, 0.2) is 5.96 Å². The van der Waals surface area contributed by atoms with Gasteiger partial charge in [0.1, 0.15) is 0 Å². The van der Waals surface area contributed by atoms with E-state index in [2.05, 4.69) is 58.9 Å². The highest BCUT2D eigenvalue weighted by atomic mass is 32.1. The van der Waals surface area contributed by atoms with E-state index < -0.39 is 0 Å². The average molecular weight is 361 g/mol. The third-order valence-corrected chi connectivity index (χ3v) is 5.00. The van der Waals surface area contributed by atoms with Crippen LogP contribution >= 0.6 is 11.3 Å². The molecule has 0 unspecified atom stereocenters. The van der Waals surface area contributed by atoms with Crippen LogP contribution in [-0.4, -0.2) is 30.6 Å². The number of rotatable bonds is 8. The molecule has 0 fully saturated rings. The van der Waals surface area contributed by atoms with Gasteiger partial charge in [-0.3, -0.25) is 0 Å². The summed E-state index contributed by atoms with van der Waals surface area (Å²) in [6.45, 7) is 11.3. The number of nitrogens with zero attached hydrogens (tertiary/aromatic N) is 2. The summed E-state index contributed by atoms with van der Waals surface area (Å²) in [7, 11) is 0. The van der Waals surface area contributed by atoms with E-state index in [-0.39, 0.29) is 5.41 Å². The Hall–Kier alpha value is -2.08. The molecule has 2 rings (SSSR count). The Balaban J connectivity index is 2.03. The molecule has 0 aromatic carbocycles. The Labute approximate surface area is 154 Å². The second-order valence-corrected chi connectivity index (χ2v) is 7.26. The van der Waals surface area contributed by atoms with Crippen molar-refractivity contribution in [3.63, 3.8) is 0 Å². The number of hydrogen-bond donors (Lipinski definition) is 2. The quantitative estimate of drug-likeness (QED) is 0.558. The Bertz CT molecular complexity index is 668. The number of guanidine groups is 1. The lowest BCUT2D eigenvalue weighted by Gasteiger charge is -2.25. The van der Waals surface area contributed by atoms with E-state index in [1.54, 1.807) is 17.5 Å². The highest BCUT2D eigenvalue weighted by molar-refractivity contribution is 7.10. The first kappa shape index (κ1) is 19.2. The van der Waals surface area contributed by atoms with E-state index in [1.165, 1.54) is 4.88 Å². The Morgan fingerprint density at radius 2 is 2.08 bits per heavy atom. The van der Waals surface area contributed by atoms with Gasteiger partial charge in [-0.15, -0.1) is 11.3 Å². The number of nitrogens with one attached hydrogen (secondary N) is 2. The molecule has 0 aliphatic rings. The van der Waals surface area contributed by atoms with Crippen LogP contribution in [0.15, 0.2) is 40.8 Å². The topological polar surface area (TPSA) is 58.5 Å². The van der Waals surface area contributed by atoms with E-state index >= 15 is 0 Å². The van der Waals surface area contributed by atoms with Crippen LogP contribution in [0.5, 0.6) is 5.88 Å². The van der Waals surface area contributed by atoms with Gasteiger partial charge in [-0.1, -0.05) is 26.0 Å². The minimum Gasteiger partial charge on any atom is -0.478 e. The van der Waals surface area contributed by atoms with Gasteiger partial charge in [0.2, 0.25) is 5.88 Å². The van der Waals surface area contributed by atoms with Gasteiger partial charge in [0.05, 0.1) is 13.2 Å². The first-order valence-electron chi connectivity index (χ1n) is 8.69. The van der Waals surface area contributed by atoms with Crippen LogP contribution in [0.4, 0.5) is 0 Å². The van der Waals surface area contributed by atoms with Crippen molar-refractivity contribution in [1.82, 2.24) is 15.6 Å². The fourth-order valence-corrected chi connectivity index (χ4v) is 3.22. The number of pyridine rings is 1. The minimum absolute atomic E-state index is 0.0507. The van der Waals surface area contributed by atoms with E-state index in [4.69, 9.17) is 4.74 Å². The van der Waals surface area contributed by atoms with E-state index in [1.807, 2.05) is 19.1 Å². The van der Waals surface area contributed by atoms with Gasteiger partial charge in [0.25, 0.3) is 0 Å². The number of aromatic nitrogens is 1. The highest BCUT2D eigenvalue weighted by Gasteiger charge is 2.21. The maximum absolute atomic E-state index is 5.57. The van der Waals surface area contributed by atoms with Crippen LogP contribution in [0.1, 0.15) is 38.1 Å². The van der Waals surface area contributed by atoms with Gasteiger partial charge >= 0.3 is 0 Å². The molecule has 2 heterocycles. The molecule has 0 aliphatic carbocycles. The zero-order valence-corrected chi connectivity index (χ0v) is 16.3. The smallest absolute Gasteiger partial charge is 0.218 e. The molecule has 0 saturated heterocycles. The molecule has 136 valence electrons. The average Bonchev–Trinajstić information content (AvgIpc) is 3.14. The number of aliphatic imine (C=N–C) groups is 1. The lowest BCUT2D eigenvalue weighted by molar-refractivity contribution is 0.323. The zero-order chi connectivity index (χ0) is 18.1. The van der Waals surface area contributed by atoms with Crippen molar-refractivity contribution in [2.24, 2.45) is 4.99 Å². The molecule has 0 spiro atoms. The summed E-state index contributed by atoms with van der Waals surface area (Å²) >= 11 is 1.79. The predicted molar refractivity (Wildman–Crippen MR) is 106 cm³/mol. The van der Waals surface area contributed by atoms with Gasteiger partial charge in [0, 0.05) is 35.1 Å². The fraction of sp³-hybridized carbons (Fsp3) is 0.474. The van der Waals surface area contributed by atoms with Crippen molar-refractivity contribution in [2.45, 2.75) is 39.7 Å². The lowest BCUT2D eigenvalue weighted by Crippen LogP contribution is -2.43. The first-order chi connectivity index (χ1) is 12.1. The lowest BCUT2D eigenvalue weighted by atomic mass is 9.91. The summed E-state index contributed by atoms with van der Waals surface area (Å²) in [5.74, 6) is 1.46. The molecule has 0 saturated carbocycles. The molecule has 2 N–H and O–H groups in total. The normalized spacial score (nSPS) is 12.1. The molecule has 2 aromatic rings. The van der Waals surface area contributed by atoms with Crippen LogP contribution in [-0.2, 0) is 12.0 Å². The molecule has 0 amide bonds. The van der Waals surface area contributed by atoms with Crippen molar-refractivity contribution < 1.29 is 4.74 Å². The van der Waals surface area contributed by atoms with Crippen molar-refractivity contribution in [3.05, 3.63) is 46.3 Å². The van der Waals surface area contributed by atoms with Gasteiger partial charge < -0.3 is 15.4 Å². The second kappa shape index (κ2) is 9.42. The predicted octanol–water partition coefficient (Wildman–Crippen LogP) is 3.57. The van der Waals surface area contributed by atoms with Crippen molar-refractivity contribution in [3.8, 4) is 5.88 Å². The zero-order valence-electron chi connectivity index (χ0n) is 15.5. The molecule has 0 bridgehead atoms. The van der Waals surface area contributed by atoms with Crippen molar-refractivity contribution in [2.75, 3.05) is 19.7 Å². The van der Waals surface area contributed by atoms with Crippen LogP contribution < -0.4 is 15.4 Å². The summed E-state index contributed by atoms with van der Waals surface area (Å²) in [4.78, 5) is 10.3. The van der Waals surface area contributed by atoms with Gasteiger partial charge in [-0.2, -0.15) is 0 Å². The first-order valence-corrected chi connectivity index (χ1v) is 9.57. The maximum atomic E-state index is 5.57. The monoisotopic (exact) mass is 360 g/mol. The summed E-state index contributed by atoms with van der Waals surface area (Å²) in [6, 6.07) is 8.19. The minimum atomic E-state index is 0.0507. The molecule has 5 nitrogen and oxygen atoms in total. The Morgan fingerprint density at radius 1 is 1.24 bits per heavy atom. The number of thiophene rings is 1. The molecular formula is C19H28N4OS. The third-order valence-electron chi connectivity index (χ3n) is 3.77. The third kappa shape index (κ3) is 5.74. The number of ether oxygens (including phenoxy) is 1. The molecule has 2 aromatic heterocycles.